The molecule has 0 amide bonds. The predicted molar refractivity (Wildman–Crippen MR) is 80.8 cm³/mol. The van der Waals surface area contributed by atoms with E-state index in [0.717, 1.165) is 12.8 Å². The van der Waals surface area contributed by atoms with Crippen molar-refractivity contribution in [2.75, 3.05) is 19.8 Å². The minimum Gasteiger partial charge on any atom is -0.374 e. The van der Waals surface area contributed by atoms with Gasteiger partial charge in [-0.3, -0.25) is 4.98 Å². The maximum absolute atomic E-state index is 12.9. The Labute approximate surface area is 130 Å². The van der Waals surface area contributed by atoms with Crippen molar-refractivity contribution in [2.24, 2.45) is 0 Å². The van der Waals surface area contributed by atoms with Crippen LogP contribution < -0.4 is 0 Å². The third kappa shape index (κ3) is 2.81. The molecule has 2 aliphatic heterocycles. The van der Waals surface area contributed by atoms with Gasteiger partial charge in [-0.1, -0.05) is 6.08 Å². The number of ether oxygens (including phenoxy) is 2. The molecule has 0 aliphatic carbocycles. The van der Waals surface area contributed by atoms with Crippen LogP contribution in [0.2, 0.25) is 0 Å². The van der Waals surface area contributed by atoms with Crippen molar-refractivity contribution in [1.82, 2.24) is 9.29 Å². The summed E-state index contributed by atoms with van der Waals surface area (Å²) in [5.74, 6) is 0. The molecule has 0 radical (unpaired) electrons. The molecule has 0 spiro atoms. The molecule has 0 saturated carbocycles. The zero-order valence-electron chi connectivity index (χ0n) is 12.3. The molecule has 1 aromatic heterocycles. The van der Waals surface area contributed by atoms with Crippen LogP contribution in [0.3, 0.4) is 0 Å². The molecule has 2 fully saturated rings. The minimum absolute atomic E-state index is 0.172. The van der Waals surface area contributed by atoms with E-state index in [0.29, 0.717) is 19.8 Å². The molecular formula is C15H20N2O4S. The molecule has 0 aromatic carbocycles. The zero-order chi connectivity index (χ0) is 15.6. The summed E-state index contributed by atoms with van der Waals surface area (Å²) < 4.78 is 38.8. The van der Waals surface area contributed by atoms with Crippen LogP contribution in [0.1, 0.15) is 12.8 Å². The molecule has 0 unspecified atom stereocenters. The molecule has 3 atom stereocenters. The molecule has 3 rings (SSSR count). The van der Waals surface area contributed by atoms with Crippen molar-refractivity contribution in [3.05, 3.63) is 37.2 Å². The summed E-state index contributed by atoms with van der Waals surface area (Å²) in [5.41, 5.74) is 0. The van der Waals surface area contributed by atoms with Crippen LogP contribution in [0.15, 0.2) is 42.1 Å². The Bertz CT molecular complexity index is 620. The summed E-state index contributed by atoms with van der Waals surface area (Å²) in [6.07, 6.45) is 5.79. The standard InChI is InChI=1S/C15H20N2O4S/c1-2-8-20-14-11-17(13-6-4-9-21-15(13)14)22(18,19)12-5-3-7-16-10-12/h2-3,5,7,10,13-15H,1,4,6,8-9,11H2/t13-,14+,15+/m1/s1. The van der Waals surface area contributed by atoms with E-state index >= 15 is 0 Å². The first-order valence-corrected chi connectivity index (χ1v) is 8.84. The van der Waals surface area contributed by atoms with Gasteiger partial charge in [0.15, 0.2) is 0 Å². The summed E-state index contributed by atoms with van der Waals surface area (Å²) in [6, 6.07) is 3.02. The van der Waals surface area contributed by atoms with Crippen molar-refractivity contribution in [2.45, 2.75) is 36.0 Å². The lowest BCUT2D eigenvalue weighted by atomic mass is 10.0. The van der Waals surface area contributed by atoms with Gasteiger partial charge >= 0.3 is 0 Å². The zero-order valence-corrected chi connectivity index (χ0v) is 13.1. The molecule has 1 aromatic rings. The Balaban J connectivity index is 1.88. The lowest BCUT2D eigenvalue weighted by Gasteiger charge is -2.31. The maximum atomic E-state index is 12.9. The van der Waals surface area contributed by atoms with Gasteiger partial charge in [-0.2, -0.15) is 4.31 Å². The van der Waals surface area contributed by atoms with E-state index in [2.05, 4.69) is 11.6 Å². The number of aromatic nitrogens is 1. The van der Waals surface area contributed by atoms with Crippen molar-refractivity contribution in [1.29, 1.82) is 0 Å². The normalized spacial score (nSPS) is 29.2. The lowest BCUT2D eigenvalue weighted by Crippen LogP contribution is -2.43. The molecule has 22 heavy (non-hydrogen) atoms. The van der Waals surface area contributed by atoms with Gasteiger partial charge in [-0.25, -0.2) is 8.42 Å². The number of nitrogens with zero attached hydrogens (tertiary/aromatic N) is 2. The molecule has 7 heteroatoms. The average molecular weight is 324 g/mol. The van der Waals surface area contributed by atoms with Crippen LogP contribution in [-0.4, -0.2) is 55.7 Å². The van der Waals surface area contributed by atoms with Crippen molar-refractivity contribution in [3.63, 3.8) is 0 Å². The van der Waals surface area contributed by atoms with Crippen LogP contribution >= 0.6 is 0 Å². The number of pyridine rings is 1. The van der Waals surface area contributed by atoms with E-state index in [9.17, 15) is 8.42 Å². The highest BCUT2D eigenvalue weighted by Gasteiger charge is 2.49. The number of sulfonamides is 1. The van der Waals surface area contributed by atoms with E-state index in [1.165, 1.54) is 10.5 Å². The summed E-state index contributed by atoms with van der Waals surface area (Å²) in [5, 5.41) is 0. The summed E-state index contributed by atoms with van der Waals surface area (Å²) in [6.45, 7) is 4.98. The number of fused-ring (bicyclic) bond motifs is 1. The first-order valence-electron chi connectivity index (χ1n) is 7.40. The second kappa shape index (κ2) is 6.45. The third-order valence-corrected chi connectivity index (χ3v) is 5.97. The maximum Gasteiger partial charge on any atom is 0.245 e. The van der Waals surface area contributed by atoms with Gasteiger partial charge in [-0.15, -0.1) is 6.58 Å². The van der Waals surface area contributed by atoms with Gasteiger partial charge in [0, 0.05) is 25.5 Å². The predicted octanol–water partition coefficient (Wildman–Crippen LogP) is 1.20. The molecule has 0 bridgehead atoms. The fraction of sp³-hybridized carbons (Fsp3) is 0.533. The fourth-order valence-electron chi connectivity index (χ4n) is 3.12. The summed E-state index contributed by atoms with van der Waals surface area (Å²) >= 11 is 0. The number of rotatable bonds is 5. The topological polar surface area (TPSA) is 68.7 Å². The molecule has 6 nitrogen and oxygen atoms in total. The second-order valence-electron chi connectivity index (χ2n) is 5.47. The van der Waals surface area contributed by atoms with Gasteiger partial charge in [0.1, 0.15) is 11.0 Å². The Morgan fingerprint density at radius 2 is 2.41 bits per heavy atom. The van der Waals surface area contributed by atoms with Gasteiger partial charge < -0.3 is 9.47 Å². The molecule has 3 heterocycles. The highest BCUT2D eigenvalue weighted by Crippen LogP contribution is 2.34. The third-order valence-electron chi connectivity index (χ3n) is 4.10. The van der Waals surface area contributed by atoms with Crippen LogP contribution in [0.25, 0.3) is 0 Å². The highest BCUT2D eigenvalue weighted by molar-refractivity contribution is 7.89. The van der Waals surface area contributed by atoms with E-state index in [1.807, 2.05) is 0 Å². The average Bonchev–Trinajstić information content (AvgIpc) is 2.93. The quantitative estimate of drug-likeness (QED) is 0.762. The van der Waals surface area contributed by atoms with Crippen molar-refractivity contribution < 1.29 is 17.9 Å². The SMILES string of the molecule is C=CCO[C@H]1CN(S(=O)(=O)c2cccnc2)[C@@H]2CCCO[C@H]12. The van der Waals surface area contributed by atoms with Gasteiger partial charge in [0.05, 0.1) is 18.8 Å². The Kier molecular flexibility index (Phi) is 4.58. The largest absolute Gasteiger partial charge is 0.374 e. The van der Waals surface area contributed by atoms with Gasteiger partial charge in [0.2, 0.25) is 10.0 Å². The molecule has 120 valence electrons. The highest BCUT2D eigenvalue weighted by atomic mass is 32.2. The molecule has 2 saturated heterocycles. The van der Waals surface area contributed by atoms with Gasteiger partial charge in [-0.05, 0) is 25.0 Å². The van der Waals surface area contributed by atoms with Crippen LogP contribution in [0.5, 0.6) is 0 Å². The minimum atomic E-state index is -3.58. The summed E-state index contributed by atoms with van der Waals surface area (Å²) in [4.78, 5) is 4.13. The van der Waals surface area contributed by atoms with Crippen molar-refractivity contribution in [3.8, 4) is 0 Å². The Hall–Kier alpha value is -1.28. The van der Waals surface area contributed by atoms with Crippen LogP contribution in [0.4, 0.5) is 0 Å². The van der Waals surface area contributed by atoms with Crippen LogP contribution in [0, 0.1) is 0 Å². The van der Waals surface area contributed by atoms with E-state index < -0.39 is 10.0 Å². The monoisotopic (exact) mass is 324 g/mol. The fourth-order valence-corrected chi connectivity index (χ4v) is 4.76. The smallest absolute Gasteiger partial charge is 0.245 e. The Morgan fingerprint density at radius 1 is 1.55 bits per heavy atom. The van der Waals surface area contributed by atoms with Crippen LogP contribution in [-0.2, 0) is 19.5 Å². The van der Waals surface area contributed by atoms with E-state index in [-0.39, 0.29) is 23.1 Å². The molecule has 0 N–H and O–H groups in total. The molecule has 2 aliphatic rings. The van der Waals surface area contributed by atoms with Gasteiger partial charge in [0.25, 0.3) is 0 Å². The first kappa shape index (κ1) is 15.6. The van der Waals surface area contributed by atoms with Crippen molar-refractivity contribution >= 4 is 10.0 Å². The molecular weight excluding hydrogens is 304 g/mol. The Morgan fingerprint density at radius 3 is 3.14 bits per heavy atom. The lowest BCUT2D eigenvalue weighted by molar-refractivity contribution is -0.0696. The number of hydrogen-bond donors (Lipinski definition) is 0. The first-order chi connectivity index (χ1) is 10.6. The van der Waals surface area contributed by atoms with E-state index in [1.54, 1.807) is 24.4 Å². The summed E-state index contributed by atoms with van der Waals surface area (Å²) in [7, 11) is -3.58. The number of hydrogen-bond acceptors (Lipinski definition) is 5. The van der Waals surface area contributed by atoms with E-state index in [4.69, 9.17) is 9.47 Å². The second-order valence-corrected chi connectivity index (χ2v) is 7.36.